The van der Waals surface area contributed by atoms with Gasteiger partial charge in [0, 0.05) is 37.6 Å². The maximum Gasteiger partial charge on any atom is 0.205 e. The van der Waals surface area contributed by atoms with E-state index in [0.29, 0.717) is 17.9 Å². The first-order valence-electron chi connectivity index (χ1n) is 7.21. The summed E-state index contributed by atoms with van der Waals surface area (Å²) in [6, 6.07) is 0.594. The van der Waals surface area contributed by atoms with Crippen LogP contribution >= 0.6 is 11.5 Å². The molecule has 1 aromatic rings. The lowest BCUT2D eigenvalue weighted by Crippen LogP contribution is -2.47. The standard InChI is InChI=1S/C14H26N4S/c1-10(2)8-13-15-14(19-16-13)18(5)12-6-7-17(4)9-11(12)3/h10-12H,6-9H2,1-5H3. The summed E-state index contributed by atoms with van der Waals surface area (Å²) in [6.07, 6.45) is 2.19. The number of hydrogen-bond acceptors (Lipinski definition) is 5. The highest BCUT2D eigenvalue weighted by Gasteiger charge is 2.29. The van der Waals surface area contributed by atoms with Gasteiger partial charge in [-0.2, -0.15) is 4.37 Å². The predicted octanol–water partition coefficient (Wildman–Crippen LogP) is 2.51. The van der Waals surface area contributed by atoms with Gasteiger partial charge in [-0.05, 0) is 31.8 Å². The van der Waals surface area contributed by atoms with Crippen LogP contribution < -0.4 is 4.90 Å². The van der Waals surface area contributed by atoms with Crippen LogP contribution in [0.25, 0.3) is 0 Å². The van der Waals surface area contributed by atoms with E-state index < -0.39 is 0 Å². The molecule has 4 nitrogen and oxygen atoms in total. The Labute approximate surface area is 121 Å². The SMILES string of the molecule is CC(C)Cc1nsc(N(C)C2CCN(C)CC2C)n1. The molecule has 0 bridgehead atoms. The molecule has 0 radical (unpaired) electrons. The Bertz CT molecular complexity index is 404. The second kappa shape index (κ2) is 6.18. The minimum Gasteiger partial charge on any atom is -0.347 e. The van der Waals surface area contributed by atoms with E-state index in [1.807, 2.05) is 0 Å². The van der Waals surface area contributed by atoms with E-state index in [4.69, 9.17) is 4.98 Å². The molecular weight excluding hydrogens is 256 g/mol. The average molecular weight is 282 g/mol. The summed E-state index contributed by atoms with van der Waals surface area (Å²) in [4.78, 5) is 9.46. The van der Waals surface area contributed by atoms with E-state index >= 15 is 0 Å². The first kappa shape index (κ1) is 14.7. The van der Waals surface area contributed by atoms with Crippen molar-refractivity contribution in [1.29, 1.82) is 0 Å². The van der Waals surface area contributed by atoms with Crippen LogP contribution in [-0.2, 0) is 6.42 Å². The Hall–Kier alpha value is -0.680. The van der Waals surface area contributed by atoms with Crippen LogP contribution in [0.3, 0.4) is 0 Å². The normalized spacial score (nSPS) is 24.9. The number of nitrogens with zero attached hydrogens (tertiary/aromatic N) is 4. The molecule has 1 aliphatic heterocycles. The molecule has 0 aromatic carbocycles. The highest BCUT2D eigenvalue weighted by molar-refractivity contribution is 7.09. The van der Waals surface area contributed by atoms with Crippen molar-refractivity contribution >= 4 is 16.7 Å². The average Bonchev–Trinajstić information content (AvgIpc) is 2.75. The van der Waals surface area contributed by atoms with Crippen LogP contribution in [0.2, 0.25) is 0 Å². The number of anilines is 1. The van der Waals surface area contributed by atoms with Crippen LogP contribution in [0.15, 0.2) is 0 Å². The topological polar surface area (TPSA) is 32.3 Å². The Kier molecular flexibility index (Phi) is 4.79. The quantitative estimate of drug-likeness (QED) is 0.849. The van der Waals surface area contributed by atoms with Gasteiger partial charge in [0.1, 0.15) is 5.82 Å². The Morgan fingerprint density at radius 2 is 2.21 bits per heavy atom. The van der Waals surface area contributed by atoms with Gasteiger partial charge in [-0.3, -0.25) is 0 Å². The second-order valence-corrected chi connectivity index (χ2v) is 7.03. The van der Waals surface area contributed by atoms with Crippen molar-refractivity contribution in [1.82, 2.24) is 14.3 Å². The highest BCUT2D eigenvalue weighted by Crippen LogP contribution is 2.26. The van der Waals surface area contributed by atoms with Crippen LogP contribution in [0, 0.1) is 11.8 Å². The molecule has 0 N–H and O–H groups in total. The van der Waals surface area contributed by atoms with Crippen molar-refractivity contribution in [2.75, 3.05) is 32.1 Å². The summed E-state index contributed by atoms with van der Waals surface area (Å²) in [5.41, 5.74) is 0. The predicted molar refractivity (Wildman–Crippen MR) is 81.9 cm³/mol. The molecule has 108 valence electrons. The molecule has 19 heavy (non-hydrogen) atoms. The lowest BCUT2D eigenvalue weighted by atomic mass is 9.93. The molecule has 0 amide bonds. The molecule has 2 rings (SSSR count). The molecule has 2 heterocycles. The number of rotatable bonds is 4. The molecule has 0 saturated carbocycles. The summed E-state index contributed by atoms with van der Waals surface area (Å²) < 4.78 is 4.49. The zero-order chi connectivity index (χ0) is 14.0. The van der Waals surface area contributed by atoms with Crippen molar-refractivity contribution in [3.8, 4) is 0 Å². The minimum absolute atomic E-state index is 0.594. The molecule has 2 unspecified atom stereocenters. The first-order chi connectivity index (χ1) is 8.97. The molecule has 0 spiro atoms. The van der Waals surface area contributed by atoms with E-state index in [1.165, 1.54) is 19.5 Å². The van der Waals surface area contributed by atoms with Gasteiger partial charge in [0.25, 0.3) is 0 Å². The van der Waals surface area contributed by atoms with Crippen molar-refractivity contribution in [3.63, 3.8) is 0 Å². The maximum absolute atomic E-state index is 4.70. The van der Waals surface area contributed by atoms with E-state index in [2.05, 4.69) is 49.0 Å². The van der Waals surface area contributed by atoms with E-state index in [1.54, 1.807) is 11.5 Å². The summed E-state index contributed by atoms with van der Waals surface area (Å²) in [7, 11) is 4.38. The zero-order valence-electron chi connectivity index (χ0n) is 12.8. The number of likely N-dealkylation sites (tertiary alicyclic amines) is 1. The van der Waals surface area contributed by atoms with Crippen molar-refractivity contribution < 1.29 is 0 Å². The fraction of sp³-hybridized carbons (Fsp3) is 0.857. The van der Waals surface area contributed by atoms with Gasteiger partial charge in [0.05, 0.1) is 0 Å². The van der Waals surface area contributed by atoms with Crippen molar-refractivity contribution in [3.05, 3.63) is 5.82 Å². The molecule has 5 heteroatoms. The third-order valence-electron chi connectivity index (χ3n) is 3.91. The largest absolute Gasteiger partial charge is 0.347 e. The maximum atomic E-state index is 4.70. The molecule has 2 atom stereocenters. The summed E-state index contributed by atoms with van der Waals surface area (Å²) >= 11 is 1.55. The lowest BCUT2D eigenvalue weighted by molar-refractivity contribution is 0.194. The molecule has 1 aromatic heterocycles. The zero-order valence-corrected chi connectivity index (χ0v) is 13.6. The molecule has 1 fully saturated rings. The van der Waals surface area contributed by atoms with E-state index in [0.717, 1.165) is 17.4 Å². The first-order valence-corrected chi connectivity index (χ1v) is 7.98. The Balaban J connectivity index is 2.02. The van der Waals surface area contributed by atoms with Gasteiger partial charge in [0.2, 0.25) is 5.13 Å². The molecule has 1 saturated heterocycles. The molecule has 1 aliphatic rings. The summed E-state index contributed by atoms with van der Waals surface area (Å²) in [5.74, 6) is 2.30. The second-order valence-electron chi connectivity index (χ2n) is 6.30. The van der Waals surface area contributed by atoms with Gasteiger partial charge >= 0.3 is 0 Å². The monoisotopic (exact) mass is 282 g/mol. The fourth-order valence-electron chi connectivity index (χ4n) is 2.90. The fourth-order valence-corrected chi connectivity index (χ4v) is 3.61. The number of piperidine rings is 1. The summed E-state index contributed by atoms with van der Waals surface area (Å²) in [5, 5.41) is 1.08. The van der Waals surface area contributed by atoms with Gasteiger partial charge in [-0.1, -0.05) is 20.8 Å². The van der Waals surface area contributed by atoms with Crippen LogP contribution in [-0.4, -0.2) is 47.5 Å². The van der Waals surface area contributed by atoms with Gasteiger partial charge in [0.15, 0.2) is 0 Å². The van der Waals surface area contributed by atoms with Crippen LogP contribution in [0.5, 0.6) is 0 Å². The van der Waals surface area contributed by atoms with Crippen molar-refractivity contribution in [2.24, 2.45) is 11.8 Å². The lowest BCUT2D eigenvalue weighted by Gasteiger charge is -2.39. The number of aromatic nitrogens is 2. The van der Waals surface area contributed by atoms with E-state index in [9.17, 15) is 0 Å². The number of hydrogen-bond donors (Lipinski definition) is 0. The minimum atomic E-state index is 0.594. The van der Waals surface area contributed by atoms with Crippen LogP contribution in [0.4, 0.5) is 5.13 Å². The third-order valence-corrected chi connectivity index (χ3v) is 4.76. The van der Waals surface area contributed by atoms with Gasteiger partial charge in [-0.15, -0.1) is 0 Å². The third kappa shape index (κ3) is 3.66. The van der Waals surface area contributed by atoms with Crippen LogP contribution in [0.1, 0.15) is 33.0 Å². The molecular formula is C14H26N4S. The van der Waals surface area contributed by atoms with E-state index in [-0.39, 0.29) is 0 Å². The Morgan fingerprint density at radius 1 is 1.47 bits per heavy atom. The van der Waals surface area contributed by atoms with Gasteiger partial charge in [-0.25, -0.2) is 4.98 Å². The van der Waals surface area contributed by atoms with Gasteiger partial charge < -0.3 is 9.80 Å². The Morgan fingerprint density at radius 3 is 2.84 bits per heavy atom. The van der Waals surface area contributed by atoms with Crippen molar-refractivity contribution in [2.45, 2.75) is 39.7 Å². The molecule has 0 aliphatic carbocycles. The highest BCUT2D eigenvalue weighted by atomic mass is 32.1. The smallest absolute Gasteiger partial charge is 0.205 e. The summed E-state index contributed by atoms with van der Waals surface area (Å²) in [6.45, 7) is 9.11.